The topological polar surface area (TPSA) is 32.3 Å². The maximum absolute atomic E-state index is 12.7. The monoisotopic (exact) mass is 244 g/mol. The Morgan fingerprint density at radius 1 is 1.22 bits per heavy atom. The van der Waals surface area contributed by atoms with Crippen LogP contribution in [0.5, 0.6) is 0 Å². The first kappa shape index (κ1) is 11.7. The van der Waals surface area contributed by atoms with Crippen molar-refractivity contribution in [1.29, 1.82) is 0 Å². The molecule has 2 aliphatic rings. The third-order valence-corrected chi connectivity index (χ3v) is 4.26. The van der Waals surface area contributed by atoms with Crippen molar-refractivity contribution in [3.05, 3.63) is 35.4 Å². The van der Waals surface area contributed by atoms with Gasteiger partial charge in [-0.3, -0.25) is 4.79 Å². The summed E-state index contributed by atoms with van der Waals surface area (Å²) in [5.74, 6) is 0.226. The van der Waals surface area contributed by atoms with Crippen molar-refractivity contribution in [3.63, 3.8) is 0 Å². The molecule has 3 heteroatoms. The SMILES string of the molecule is Cc1ccccc1C(=O)N1C2CCNCC1CC2. The van der Waals surface area contributed by atoms with Gasteiger partial charge in [0.25, 0.3) is 5.91 Å². The molecule has 1 aromatic rings. The Morgan fingerprint density at radius 2 is 2.00 bits per heavy atom. The average Bonchev–Trinajstić information content (AvgIpc) is 2.62. The standard InChI is InChI=1S/C15H20N2O/c1-11-4-2-3-5-14(11)15(18)17-12-6-7-13(17)10-16-9-8-12/h2-5,12-13,16H,6-10H2,1H3. The van der Waals surface area contributed by atoms with Crippen molar-refractivity contribution in [2.75, 3.05) is 13.1 Å². The van der Waals surface area contributed by atoms with Gasteiger partial charge in [-0.05, 0) is 44.4 Å². The molecule has 0 aromatic heterocycles. The lowest BCUT2D eigenvalue weighted by Gasteiger charge is -2.28. The van der Waals surface area contributed by atoms with Crippen molar-refractivity contribution in [2.45, 2.75) is 38.3 Å². The summed E-state index contributed by atoms with van der Waals surface area (Å²) in [5, 5.41) is 3.44. The van der Waals surface area contributed by atoms with Crippen molar-refractivity contribution >= 4 is 5.91 Å². The van der Waals surface area contributed by atoms with Gasteiger partial charge >= 0.3 is 0 Å². The first-order chi connectivity index (χ1) is 8.77. The highest BCUT2D eigenvalue weighted by Gasteiger charge is 2.38. The van der Waals surface area contributed by atoms with Gasteiger partial charge in [0.2, 0.25) is 0 Å². The van der Waals surface area contributed by atoms with Crippen molar-refractivity contribution < 1.29 is 4.79 Å². The van der Waals surface area contributed by atoms with E-state index in [1.165, 1.54) is 6.42 Å². The number of hydrogen-bond donors (Lipinski definition) is 1. The third kappa shape index (κ3) is 1.93. The van der Waals surface area contributed by atoms with Crippen LogP contribution >= 0.6 is 0 Å². The van der Waals surface area contributed by atoms with Crippen LogP contribution in [0.1, 0.15) is 35.2 Å². The van der Waals surface area contributed by atoms with E-state index >= 15 is 0 Å². The molecule has 2 heterocycles. The highest BCUT2D eigenvalue weighted by molar-refractivity contribution is 5.96. The van der Waals surface area contributed by atoms with Crippen LogP contribution in [0, 0.1) is 6.92 Å². The molecule has 2 unspecified atom stereocenters. The molecule has 2 atom stereocenters. The summed E-state index contributed by atoms with van der Waals surface area (Å²) in [6.45, 7) is 4.01. The van der Waals surface area contributed by atoms with E-state index in [-0.39, 0.29) is 5.91 Å². The van der Waals surface area contributed by atoms with Crippen LogP contribution in [0.25, 0.3) is 0 Å². The summed E-state index contributed by atoms with van der Waals surface area (Å²) < 4.78 is 0. The zero-order valence-corrected chi connectivity index (χ0v) is 10.9. The molecule has 2 bridgehead atoms. The Kier molecular flexibility index (Phi) is 3.08. The van der Waals surface area contributed by atoms with Gasteiger partial charge in [-0.25, -0.2) is 0 Å². The van der Waals surface area contributed by atoms with Gasteiger partial charge in [0.05, 0.1) is 0 Å². The van der Waals surface area contributed by atoms with Gasteiger partial charge in [-0.15, -0.1) is 0 Å². The largest absolute Gasteiger partial charge is 0.331 e. The Labute approximate surface area is 108 Å². The first-order valence-corrected chi connectivity index (χ1v) is 6.86. The Hall–Kier alpha value is -1.35. The van der Waals surface area contributed by atoms with E-state index in [4.69, 9.17) is 0 Å². The van der Waals surface area contributed by atoms with Gasteiger partial charge in [0.15, 0.2) is 0 Å². The lowest BCUT2D eigenvalue weighted by atomic mass is 10.1. The first-order valence-electron chi connectivity index (χ1n) is 6.86. The molecule has 96 valence electrons. The molecular formula is C15H20N2O. The van der Waals surface area contributed by atoms with Crippen molar-refractivity contribution in [1.82, 2.24) is 10.2 Å². The maximum atomic E-state index is 12.7. The van der Waals surface area contributed by atoms with E-state index < -0.39 is 0 Å². The van der Waals surface area contributed by atoms with E-state index in [1.807, 2.05) is 31.2 Å². The molecule has 0 spiro atoms. The summed E-state index contributed by atoms with van der Waals surface area (Å²) in [4.78, 5) is 14.9. The van der Waals surface area contributed by atoms with Crippen LogP contribution in [-0.4, -0.2) is 36.0 Å². The number of benzene rings is 1. The fourth-order valence-corrected chi connectivity index (χ4v) is 3.27. The Balaban J connectivity index is 1.90. The molecule has 1 N–H and O–H groups in total. The second kappa shape index (κ2) is 4.73. The third-order valence-electron chi connectivity index (χ3n) is 4.26. The van der Waals surface area contributed by atoms with E-state index in [1.54, 1.807) is 0 Å². The second-order valence-corrected chi connectivity index (χ2v) is 5.41. The molecule has 0 radical (unpaired) electrons. The molecule has 2 saturated heterocycles. The molecule has 0 aliphatic carbocycles. The highest BCUT2D eigenvalue weighted by atomic mass is 16.2. The summed E-state index contributed by atoms with van der Waals surface area (Å²) in [7, 11) is 0. The zero-order chi connectivity index (χ0) is 12.5. The minimum Gasteiger partial charge on any atom is -0.331 e. The van der Waals surface area contributed by atoms with Crippen LogP contribution in [0.4, 0.5) is 0 Å². The Bertz CT molecular complexity index is 444. The Morgan fingerprint density at radius 3 is 2.83 bits per heavy atom. The summed E-state index contributed by atoms with van der Waals surface area (Å²) in [6, 6.07) is 8.76. The number of amides is 1. The van der Waals surface area contributed by atoms with Crippen LogP contribution in [-0.2, 0) is 0 Å². The van der Waals surface area contributed by atoms with Gasteiger partial charge in [-0.1, -0.05) is 18.2 Å². The second-order valence-electron chi connectivity index (χ2n) is 5.41. The molecule has 3 rings (SSSR count). The van der Waals surface area contributed by atoms with Gasteiger partial charge in [0.1, 0.15) is 0 Å². The molecule has 18 heavy (non-hydrogen) atoms. The van der Waals surface area contributed by atoms with Crippen LogP contribution < -0.4 is 5.32 Å². The fourth-order valence-electron chi connectivity index (χ4n) is 3.27. The lowest BCUT2D eigenvalue weighted by Crippen LogP contribution is -2.42. The number of aryl methyl sites for hydroxylation is 1. The minimum atomic E-state index is 0.226. The van der Waals surface area contributed by atoms with E-state index in [9.17, 15) is 4.79 Å². The molecule has 0 saturated carbocycles. The number of hydrogen-bond acceptors (Lipinski definition) is 2. The van der Waals surface area contributed by atoms with Gasteiger partial charge in [0, 0.05) is 24.2 Å². The zero-order valence-electron chi connectivity index (χ0n) is 10.9. The van der Waals surface area contributed by atoms with Gasteiger partial charge in [-0.2, -0.15) is 0 Å². The molecule has 2 aliphatic heterocycles. The van der Waals surface area contributed by atoms with E-state index in [0.29, 0.717) is 12.1 Å². The maximum Gasteiger partial charge on any atom is 0.254 e. The van der Waals surface area contributed by atoms with Crippen LogP contribution in [0.15, 0.2) is 24.3 Å². The summed E-state index contributed by atoms with van der Waals surface area (Å²) in [6.07, 6.45) is 3.41. The highest BCUT2D eigenvalue weighted by Crippen LogP contribution is 2.30. The number of carbonyl (C=O) groups excluding carboxylic acids is 1. The number of rotatable bonds is 1. The van der Waals surface area contributed by atoms with Crippen molar-refractivity contribution in [2.24, 2.45) is 0 Å². The quantitative estimate of drug-likeness (QED) is 0.819. The molecule has 1 amide bonds. The number of nitrogens with one attached hydrogen (secondary N) is 1. The lowest BCUT2D eigenvalue weighted by molar-refractivity contribution is 0.0679. The van der Waals surface area contributed by atoms with E-state index in [2.05, 4.69) is 10.2 Å². The summed E-state index contributed by atoms with van der Waals surface area (Å²) in [5.41, 5.74) is 1.95. The predicted octanol–water partition coefficient (Wildman–Crippen LogP) is 1.96. The number of fused-ring (bicyclic) bond motifs is 2. The van der Waals surface area contributed by atoms with Gasteiger partial charge < -0.3 is 10.2 Å². The smallest absolute Gasteiger partial charge is 0.254 e. The molecule has 3 nitrogen and oxygen atoms in total. The molecular weight excluding hydrogens is 224 g/mol. The summed E-state index contributed by atoms with van der Waals surface area (Å²) >= 11 is 0. The molecule has 1 aromatic carbocycles. The van der Waals surface area contributed by atoms with Crippen LogP contribution in [0.3, 0.4) is 0 Å². The average molecular weight is 244 g/mol. The normalized spacial score (nSPS) is 27.1. The van der Waals surface area contributed by atoms with Crippen molar-refractivity contribution in [3.8, 4) is 0 Å². The molecule has 2 fully saturated rings. The van der Waals surface area contributed by atoms with Crippen LogP contribution in [0.2, 0.25) is 0 Å². The fraction of sp³-hybridized carbons (Fsp3) is 0.533. The predicted molar refractivity (Wildman–Crippen MR) is 71.6 cm³/mol. The number of carbonyl (C=O) groups is 1. The van der Waals surface area contributed by atoms with E-state index in [0.717, 1.165) is 37.1 Å². The minimum absolute atomic E-state index is 0.226. The number of nitrogens with zero attached hydrogens (tertiary/aromatic N) is 1.